The average molecular weight is 385 g/mol. The number of carboxylic acids is 1. The summed E-state index contributed by atoms with van der Waals surface area (Å²) in [6, 6.07) is 3.79. The quantitative estimate of drug-likeness (QED) is 0.585. The molecule has 25 heavy (non-hydrogen) atoms. The Hall–Kier alpha value is -1.56. The highest BCUT2D eigenvalue weighted by Crippen LogP contribution is 2.25. The Kier molecular flexibility index (Phi) is 7.75. The highest BCUT2D eigenvalue weighted by Gasteiger charge is 2.21. The Morgan fingerprint density at radius 1 is 1.20 bits per heavy atom. The second-order valence-electron chi connectivity index (χ2n) is 6.08. The van der Waals surface area contributed by atoms with E-state index in [0.717, 1.165) is 19.3 Å². The third-order valence-corrected chi connectivity index (χ3v) is 4.85. The van der Waals surface area contributed by atoms with Crippen LogP contribution in [0.1, 0.15) is 38.5 Å². The molecule has 136 valence electrons. The molecule has 1 aliphatic rings. The number of rotatable bonds is 8. The van der Waals surface area contributed by atoms with Gasteiger partial charge in [0.15, 0.2) is 0 Å². The minimum atomic E-state index is -1.04. The lowest BCUT2D eigenvalue weighted by Crippen LogP contribution is -2.40. The average Bonchev–Trinajstić information content (AvgIpc) is 2.58. The van der Waals surface area contributed by atoms with Crippen molar-refractivity contribution in [2.45, 2.75) is 44.6 Å². The van der Waals surface area contributed by atoms with E-state index in [4.69, 9.17) is 23.2 Å². The van der Waals surface area contributed by atoms with Gasteiger partial charge in [0, 0.05) is 5.69 Å². The molecule has 0 saturated heterocycles. The van der Waals surface area contributed by atoms with E-state index in [-0.39, 0.29) is 6.42 Å². The summed E-state index contributed by atoms with van der Waals surface area (Å²) in [5.74, 6) is -1.43. The number of hydrogen-bond donors (Lipinski definition) is 3. The van der Waals surface area contributed by atoms with Crippen LogP contribution in [0.4, 0.5) is 5.69 Å². The van der Waals surface area contributed by atoms with Crippen LogP contribution in [0.2, 0.25) is 10.0 Å². The van der Waals surface area contributed by atoms with Gasteiger partial charge in [-0.2, -0.15) is 0 Å². The van der Waals surface area contributed by atoms with E-state index in [0.29, 0.717) is 22.3 Å². The highest BCUT2D eigenvalue weighted by atomic mass is 35.5. The zero-order valence-corrected chi connectivity index (χ0v) is 15.4. The summed E-state index contributed by atoms with van der Waals surface area (Å²) in [5.41, 5.74) is 1.85. The molecule has 0 spiro atoms. The highest BCUT2D eigenvalue weighted by molar-refractivity contribution is 6.42. The van der Waals surface area contributed by atoms with E-state index in [1.54, 1.807) is 12.1 Å². The molecule has 2 rings (SSSR count). The van der Waals surface area contributed by atoms with E-state index in [1.165, 1.54) is 24.5 Å². The van der Waals surface area contributed by atoms with E-state index in [9.17, 15) is 14.7 Å². The number of anilines is 1. The number of nitrogens with one attached hydrogen (secondary N) is 2. The number of carboxylic acid groups (broad SMARTS) is 1. The smallest absolute Gasteiger partial charge is 0.321 e. The van der Waals surface area contributed by atoms with Crippen molar-refractivity contribution in [3.8, 4) is 0 Å². The van der Waals surface area contributed by atoms with Crippen LogP contribution >= 0.6 is 23.2 Å². The van der Waals surface area contributed by atoms with Crippen molar-refractivity contribution >= 4 is 40.8 Å². The maximum atomic E-state index is 12.1. The molecule has 1 amide bonds. The summed E-state index contributed by atoms with van der Waals surface area (Å²) in [7, 11) is 0. The Morgan fingerprint density at radius 2 is 2.00 bits per heavy atom. The fourth-order valence-electron chi connectivity index (χ4n) is 2.76. The summed E-state index contributed by atoms with van der Waals surface area (Å²) in [6.07, 6.45) is 7.50. The number of carbonyl (C=O) groups is 2. The van der Waals surface area contributed by atoms with Gasteiger partial charge in [0.2, 0.25) is 5.91 Å². The van der Waals surface area contributed by atoms with Crippen LogP contribution in [0.15, 0.2) is 29.8 Å². The predicted molar refractivity (Wildman–Crippen MR) is 100 cm³/mol. The molecule has 1 aromatic rings. The summed E-state index contributed by atoms with van der Waals surface area (Å²) in [6.45, 7) is 0.544. The predicted octanol–water partition coefficient (Wildman–Crippen LogP) is 4.26. The zero-order valence-electron chi connectivity index (χ0n) is 13.9. The number of allylic oxidation sites excluding steroid dienone is 1. The van der Waals surface area contributed by atoms with Gasteiger partial charge in [-0.3, -0.25) is 9.59 Å². The second-order valence-corrected chi connectivity index (χ2v) is 6.90. The van der Waals surface area contributed by atoms with Gasteiger partial charge >= 0.3 is 5.97 Å². The van der Waals surface area contributed by atoms with E-state index in [2.05, 4.69) is 16.7 Å². The Morgan fingerprint density at radius 3 is 2.64 bits per heavy atom. The first-order chi connectivity index (χ1) is 12.0. The number of carbonyl (C=O) groups excluding carboxylic acids is 1. The molecule has 0 aromatic heterocycles. The van der Waals surface area contributed by atoms with Crippen LogP contribution in [0.3, 0.4) is 0 Å². The molecule has 5 nitrogen and oxygen atoms in total. The maximum absolute atomic E-state index is 12.1. The first kappa shape index (κ1) is 19.8. The Labute approximate surface area is 157 Å². The standard InChI is InChI=1S/C18H22Cl2N2O3/c19-14-7-6-13(10-15(14)20)22-17(23)11-16(18(24)25)21-9-8-12-4-2-1-3-5-12/h4,6-7,10,16,21H,1-3,5,8-9,11H2,(H,22,23)(H,24,25). The fourth-order valence-corrected chi connectivity index (χ4v) is 3.05. The van der Waals surface area contributed by atoms with Crippen molar-refractivity contribution in [1.29, 1.82) is 0 Å². The molecule has 1 aromatic carbocycles. The SMILES string of the molecule is O=C(CC(NCCC1=CCCCC1)C(=O)O)Nc1ccc(Cl)c(Cl)c1. The molecular weight excluding hydrogens is 363 g/mol. The molecule has 7 heteroatoms. The fraction of sp³-hybridized carbons (Fsp3) is 0.444. The molecular formula is C18H22Cl2N2O3. The van der Waals surface area contributed by atoms with Crippen molar-refractivity contribution in [3.63, 3.8) is 0 Å². The van der Waals surface area contributed by atoms with Crippen molar-refractivity contribution in [3.05, 3.63) is 39.9 Å². The van der Waals surface area contributed by atoms with E-state index in [1.807, 2.05) is 0 Å². The second kappa shape index (κ2) is 9.80. The number of amides is 1. The van der Waals surface area contributed by atoms with Gasteiger partial charge in [-0.1, -0.05) is 34.9 Å². The summed E-state index contributed by atoms with van der Waals surface area (Å²) in [5, 5.41) is 15.6. The van der Waals surface area contributed by atoms with Gasteiger partial charge < -0.3 is 15.7 Å². The van der Waals surface area contributed by atoms with Crippen molar-refractivity contribution in [2.24, 2.45) is 0 Å². The number of aliphatic carboxylic acids is 1. The van der Waals surface area contributed by atoms with Gasteiger partial charge in [0.1, 0.15) is 6.04 Å². The lowest BCUT2D eigenvalue weighted by Gasteiger charge is -2.17. The zero-order chi connectivity index (χ0) is 18.2. The van der Waals surface area contributed by atoms with Gasteiger partial charge in [0.05, 0.1) is 16.5 Å². The Bertz CT molecular complexity index is 662. The minimum absolute atomic E-state index is 0.158. The van der Waals surface area contributed by atoms with E-state index >= 15 is 0 Å². The topological polar surface area (TPSA) is 78.4 Å². The molecule has 0 aliphatic heterocycles. The molecule has 0 heterocycles. The van der Waals surface area contributed by atoms with Gasteiger partial charge in [-0.25, -0.2) is 0 Å². The normalized spacial score (nSPS) is 15.4. The van der Waals surface area contributed by atoms with Crippen LogP contribution in [-0.2, 0) is 9.59 Å². The summed E-state index contributed by atoms with van der Waals surface area (Å²) in [4.78, 5) is 23.5. The summed E-state index contributed by atoms with van der Waals surface area (Å²) < 4.78 is 0. The maximum Gasteiger partial charge on any atom is 0.321 e. The lowest BCUT2D eigenvalue weighted by molar-refractivity contribution is -0.141. The van der Waals surface area contributed by atoms with Crippen molar-refractivity contribution < 1.29 is 14.7 Å². The molecule has 0 bridgehead atoms. The van der Waals surface area contributed by atoms with Crippen LogP contribution in [-0.4, -0.2) is 29.6 Å². The van der Waals surface area contributed by atoms with Crippen LogP contribution in [0, 0.1) is 0 Å². The molecule has 0 saturated carbocycles. The van der Waals surface area contributed by atoms with Crippen molar-refractivity contribution in [1.82, 2.24) is 5.32 Å². The lowest BCUT2D eigenvalue weighted by atomic mass is 9.97. The Balaban J connectivity index is 1.82. The van der Waals surface area contributed by atoms with Crippen LogP contribution < -0.4 is 10.6 Å². The molecule has 3 N–H and O–H groups in total. The van der Waals surface area contributed by atoms with Gasteiger partial charge in [-0.15, -0.1) is 0 Å². The third-order valence-electron chi connectivity index (χ3n) is 4.11. The first-order valence-electron chi connectivity index (χ1n) is 8.34. The van der Waals surface area contributed by atoms with Crippen molar-refractivity contribution in [2.75, 3.05) is 11.9 Å². The van der Waals surface area contributed by atoms with Gasteiger partial charge in [-0.05, 0) is 56.8 Å². The van der Waals surface area contributed by atoms with Gasteiger partial charge in [0.25, 0.3) is 0 Å². The summed E-state index contributed by atoms with van der Waals surface area (Å²) >= 11 is 11.7. The third kappa shape index (κ3) is 6.69. The minimum Gasteiger partial charge on any atom is -0.480 e. The first-order valence-corrected chi connectivity index (χ1v) is 9.10. The number of benzene rings is 1. The number of halogens is 2. The monoisotopic (exact) mass is 384 g/mol. The van der Waals surface area contributed by atoms with Crippen LogP contribution in [0.5, 0.6) is 0 Å². The number of hydrogen-bond acceptors (Lipinski definition) is 3. The van der Waals surface area contributed by atoms with E-state index < -0.39 is 17.9 Å². The largest absolute Gasteiger partial charge is 0.480 e. The molecule has 0 fully saturated rings. The molecule has 1 atom stereocenters. The molecule has 1 aliphatic carbocycles. The molecule has 1 unspecified atom stereocenters. The molecule has 0 radical (unpaired) electrons. The van der Waals surface area contributed by atoms with Crippen LogP contribution in [0.25, 0.3) is 0 Å².